The molecular formula is C20H17ClN4O3. The van der Waals surface area contributed by atoms with Crippen molar-refractivity contribution in [3.05, 3.63) is 75.5 Å². The van der Waals surface area contributed by atoms with Crippen LogP contribution in [0.15, 0.2) is 57.9 Å². The van der Waals surface area contributed by atoms with Crippen molar-refractivity contribution >= 4 is 34.3 Å². The first-order chi connectivity index (χ1) is 13.4. The molecule has 28 heavy (non-hydrogen) atoms. The molecule has 0 aliphatic heterocycles. The van der Waals surface area contributed by atoms with E-state index < -0.39 is 5.76 Å². The summed E-state index contributed by atoms with van der Waals surface area (Å²) in [6.45, 7) is 4.00. The van der Waals surface area contributed by atoms with Gasteiger partial charge in [0.2, 0.25) is 0 Å². The molecule has 4 aromatic rings. The largest absolute Gasteiger partial charge is 0.417 e. The van der Waals surface area contributed by atoms with Crippen LogP contribution >= 0.6 is 11.6 Å². The summed E-state index contributed by atoms with van der Waals surface area (Å²) in [7, 11) is 0. The minimum Gasteiger partial charge on any atom is -0.408 e. The molecule has 0 saturated heterocycles. The van der Waals surface area contributed by atoms with Crippen LogP contribution < -0.4 is 11.1 Å². The van der Waals surface area contributed by atoms with Crippen LogP contribution in [0.1, 0.15) is 35.8 Å². The molecule has 2 heterocycles. The Kier molecular flexibility index (Phi) is 4.52. The van der Waals surface area contributed by atoms with Crippen molar-refractivity contribution in [1.82, 2.24) is 14.8 Å². The van der Waals surface area contributed by atoms with Crippen LogP contribution in [0, 0.1) is 0 Å². The standard InChI is InChI=1S/C20H17ClN4O3/c1-11(2)18-15(10-22-25(18)14-6-3-12(21)4-7-14)19(26)23-13-5-8-17-16(9-13)24-20(27)28-17/h3-11H,1-2H3,(H,23,26)(H,24,27). The Morgan fingerprint density at radius 3 is 2.68 bits per heavy atom. The topological polar surface area (TPSA) is 92.9 Å². The van der Waals surface area contributed by atoms with E-state index in [-0.39, 0.29) is 11.8 Å². The average Bonchev–Trinajstić information content (AvgIpc) is 3.25. The van der Waals surface area contributed by atoms with Crippen LogP contribution in [0.5, 0.6) is 0 Å². The van der Waals surface area contributed by atoms with Crippen LogP contribution in [0.3, 0.4) is 0 Å². The number of halogens is 1. The zero-order valence-corrected chi connectivity index (χ0v) is 15.9. The minimum absolute atomic E-state index is 0.0617. The Labute approximate surface area is 164 Å². The van der Waals surface area contributed by atoms with Gasteiger partial charge in [-0.25, -0.2) is 9.48 Å². The maximum absolute atomic E-state index is 12.9. The number of hydrogen-bond acceptors (Lipinski definition) is 4. The number of anilines is 1. The van der Waals surface area contributed by atoms with Crippen LogP contribution in [-0.2, 0) is 0 Å². The molecule has 0 aliphatic carbocycles. The van der Waals surface area contributed by atoms with E-state index in [0.29, 0.717) is 27.4 Å². The quantitative estimate of drug-likeness (QED) is 0.536. The lowest BCUT2D eigenvalue weighted by molar-refractivity contribution is 0.102. The predicted molar refractivity (Wildman–Crippen MR) is 107 cm³/mol. The van der Waals surface area contributed by atoms with Crippen molar-refractivity contribution in [2.24, 2.45) is 0 Å². The molecule has 2 N–H and O–H groups in total. The highest BCUT2D eigenvalue weighted by atomic mass is 35.5. The Hall–Kier alpha value is -3.32. The second-order valence-electron chi connectivity index (χ2n) is 6.67. The number of amides is 1. The maximum atomic E-state index is 12.9. The number of aromatic amines is 1. The van der Waals surface area contributed by atoms with Gasteiger partial charge >= 0.3 is 5.76 Å². The van der Waals surface area contributed by atoms with Gasteiger partial charge in [-0.1, -0.05) is 25.4 Å². The lowest BCUT2D eigenvalue weighted by Crippen LogP contribution is -2.15. The summed E-state index contributed by atoms with van der Waals surface area (Å²) in [6, 6.07) is 12.2. The Balaban J connectivity index is 1.68. The van der Waals surface area contributed by atoms with Crippen molar-refractivity contribution in [3.8, 4) is 5.69 Å². The fourth-order valence-electron chi connectivity index (χ4n) is 3.10. The molecule has 0 saturated carbocycles. The van der Waals surface area contributed by atoms with Crippen LogP contribution in [0.2, 0.25) is 5.02 Å². The van der Waals surface area contributed by atoms with Gasteiger partial charge in [0.05, 0.1) is 28.7 Å². The zero-order valence-electron chi connectivity index (χ0n) is 15.2. The van der Waals surface area contributed by atoms with E-state index in [1.54, 1.807) is 41.2 Å². The number of benzene rings is 2. The fraction of sp³-hybridized carbons (Fsp3) is 0.150. The van der Waals surface area contributed by atoms with Crippen LogP contribution in [0.4, 0.5) is 5.69 Å². The van der Waals surface area contributed by atoms with E-state index in [9.17, 15) is 9.59 Å². The molecule has 8 heteroatoms. The maximum Gasteiger partial charge on any atom is 0.417 e. The van der Waals surface area contributed by atoms with E-state index in [1.807, 2.05) is 26.0 Å². The first-order valence-electron chi connectivity index (χ1n) is 8.70. The lowest BCUT2D eigenvalue weighted by Gasteiger charge is -2.13. The summed E-state index contributed by atoms with van der Waals surface area (Å²) in [5.74, 6) is -0.759. The first kappa shape index (κ1) is 18.1. The van der Waals surface area contributed by atoms with Crippen molar-refractivity contribution < 1.29 is 9.21 Å². The summed E-state index contributed by atoms with van der Waals surface area (Å²) in [5.41, 5.74) is 3.58. The van der Waals surface area contributed by atoms with E-state index in [4.69, 9.17) is 16.0 Å². The highest BCUT2D eigenvalue weighted by Gasteiger charge is 2.21. The SMILES string of the molecule is CC(C)c1c(C(=O)Nc2ccc3oc(=O)[nH]c3c2)cnn1-c1ccc(Cl)cc1. The van der Waals surface area contributed by atoms with Crippen molar-refractivity contribution in [1.29, 1.82) is 0 Å². The van der Waals surface area contributed by atoms with Gasteiger partial charge in [-0.15, -0.1) is 0 Å². The molecule has 7 nitrogen and oxygen atoms in total. The number of H-pyrrole nitrogens is 1. The monoisotopic (exact) mass is 396 g/mol. The molecule has 0 spiro atoms. The lowest BCUT2D eigenvalue weighted by atomic mass is 10.0. The normalized spacial score (nSPS) is 11.3. The number of carbonyl (C=O) groups is 1. The molecule has 0 bridgehead atoms. The summed E-state index contributed by atoms with van der Waals surface area (Å²) < 4.78 is 6.72. The van der Waals surface area contributed by atoms with Gasteiger partial charge < -0.3 is 9.73 Å². The van der Waals surface area contributed by atoms with Crippen molar-refractivity contribution in [3.63, 3.8) is 0 Å². The third kappa shape index (κ3) is 3.32. The summed E-state index contributed by atoms with van der Waals surface area (Å²) in [5, 5.41) is 7.89. The van der Waals surface area contributed by atoms with Crippen LogP contribution in [0.25, 0.3) is 16.8 Å². The molecule has 0 unspecified atom stereocenters. The van der Waals surface area contributed by atoms with Gasteiger partial charge in [-0.3, -0.25) is 9.78 Å². The molecule has 2 aromatic carbocycles. The summed E-state index contributed by atoms with van der Waals surface area (Å²) >= 11 is 5.97. The van der Waals surface area contributed by atoms with Crippen molar-refractivity contribution in [2.75, 3.05) is 5.32 Å². The number of fused-ring (bicyclic) bond motifs is 1. The molecule has 4 rings (SSSR count). The number of nitrogens with one attached hydrogen (secondary N) is 2. The van der Waals surface area contributed by atoms with Crippen LogP contribution in [-0.4, -0.2) is 20.7 Å². The number of hydrogen-bond donors (Lipinski definition) is 2. The van der Waals surface area contributed by atoms with E-state index >= 15 is 0 Å². The average molecular weight is 397 g/mol. The Bertz CT molecular complexity index is 1220. The molecule has 0 fully saturated rings. The van der Waals surface area contributed by atoms with Gasteiger partial charge in [0.25, 0.3) is 5.91 Å². The van der Waals surface area contributed by atoms with Crippen molar-refractivity contribution in [2.45, 2.75) is 19.8 Å². The number of aromatic nitrogens is 3. The Morgan fingerprint density at radius 2 is 1.96 bits per heavy atom. The molecule has 0 aliphatic rings. The highest BCUT2D eigenvalue weighted by molar-refractivity contribution is 6.30. The highest BCUT2D eigenvalue weighted by Crippen LogP contribution is 2.25. The molecular weight excluding hydrogens is 380 g/mol. The second kappa shape index (κ2) is 7.01. The van der Waals surface area contributed by atoms with Gasteiger partial charge in [0.1, 0.15) is 0 Å². The second-order valence-corrected chi connectivity index (χ2v) is 7.10. The minimum atomic E-state index is -0.537. The smallest absolute Gasteiger partial charge is 0.408 e. The predicted octanol–water partition coefficient (Wildman–Crippen LogP) is 4.34. The third-order valence-corrected chi connectivity index (χ3v) is 4.60. The fourth-order valence-corrected chi connectivity index (χ4v) is 3.23. The van der Waals surface area contributed by atoms with Gasteiger partial charge in [0.15, 0.2) is 5.58 Å². The van der Waals surface area contributed by atoms with Gasteiger partial charge in [-0.2, -0.15) is 5.10 Å². The summed E-state index contributed by atoms with van der Waals surface area (Å²) in [4.78, 5) is 26.8. The molecule has 0 atom stereocenters. The molecule has 142 valence electrons. The third-order valence-electron chi connectivity index (χ3n) is 4.35. The number of rotatable bonds is 4. The van der Waals surface area contributed by atoms with E-state index in [0.717, 1.165) is 11.4 Å². The summed E-state index contributed by atoms with van der Waals surface area (Å²) in [6.07, 6.45) is 1.55. The first-order valence-corrected chi connectivity index (χ1v) is 9.08. The van der Waals surface area contributed by atoms with Gasteiger partial charge in [0, 0.05) is 10.7 Å². The van der Waals surface area contributed by atoms with E-state index in [1.165, 1.54) is 0 Å². The number of carbonyl (C=O) groups excluding carboxylic acids is 1. The van der Waals surface area contributed by atoms with E-state index in [2.05, 4.69) is 15.4 Å². The molecule has 1 amide bonds. The number of oxazole rings is 1. The molecule has 0 radical (unpaired) electrons. The Morgan fingerprint density at radius 1 is 1.21 bits per heavy atom. The zero-order chi connectivity index (χ0) is 19.8. The molecule has 2 aromatic heterocycles. The van der Waals surface area contributed by atoms with Gasteiger partial charge in [-0.05, 0) is 48.4 Å². The number of nitrogens with zero attached hydrogens (tertiary/aromatic N) is 2.